The highest BCUT2D eigenvalue weighted by molar-refractivity contribution is 7.99. The van der Waals surface area contributed by atoms with Crippen molar-refractivity contribution in [2.75, 3.05) is 25.4 Å². The Morgan fingerprint density at radius 1 is 1.32 bits per heavy atom. The lowest BCUT2D eigenvalue weighted by Crippen LogP contribution is -2.37. The van der Waals surface area contributed by atoms with E-state index in [0.29, 0.717) is 5.92 Å². The van der Waals surface area contributed by atoms with Gasteiger partial charge >= 0.3 is 0 Å². The summed E-state index contributed by atoms with van der Waals surface area (Å²) in [6.45, 7) is 3.01. The molecular weight excluding hydrogens is 256 g/mol. The number of benzene rings is 1. The third kappa shape index (κ3) is 2.95. The third-order valence-corrected chi connectivity index (χ3v) is 5.22. The van der Waals surface area contributed by atoms with Crippen molar-refractivity contribution < 1.29 is 4.79 Å². The Labute approximate surface area is 118 Å². The first-order chi connectivity index (χ1) is 9.34. The minimum Gasteiger partial charge on any atom is -0.355 e. The van der Waals surface area contributed by atoms with Crippen molar-refractivity contribution in [3.63, 3.8) is 0 Å². The second kappa shape index (κ2) is 5.97. The lowest BCUT2D eigenvalue weighted by Gasteiger charge is -2.23. The molecule has 0 spiro atoms. The second-order valence-electron chi connectivity index (χ2n) is 5.34. The summed E-state index contributed by atoms with van der Waals surface area (Å²) in [5.41, 5.74) is 1.20. The van der Waals surface area contributed by atoms with E-state index in [-0.39, 0.29) is 11.8 Å². The highest BCUT2D eigenvalue weighted by atomic mass is 32.2. The standard InChI is InChI=1S/C15H20N2OS/c18-15(17-9-11-5-7-16-8-6-11)13-10-19-14-4-2-1-3-12(13)14/h1-4,11,13,16H,5-10H2,(H,17,18). The number of rotatable bonds is 3. The van der Waals surface area contributed by atoms with Crippen molar-refractivity contribution in [1.82, 2.24) is 10.6 Å². The normalized spacial score (nSPS) is 23.1. The minimum atomic E-state index is 0.0444. The first-order valence-electron chi connectivity index (χ1n) is 7.05. The molecule has 2 N–H and O–H groups in total. The summed E-state index contributed by atoms with van der Waals surface area (Å²) in [7, 11) is 0. The maximum Gasteiger partial charge on any atom is 0.228 e. The predicted octanol–water partition coefficient (Wildman–Crippen LogP) is 1.99. The first-order valence-corrected chi connectivity index (χ1v) is 8.03. The van der Waals surface area contributed by atoms with E-state index >= 15 is 0 Å². The molecule has 2 aliphatic rings. The van der Waals surface area contributed by atoms with Gasteiger partial charge in [-0.3, -0.25) is 4.79 Å². The summed E-state index contributed by atoms with van der Waals surface area (Å²) in [5, 5.41) is 6.51. The van der Waals surface area contributed by atoms with Crippen LogP contribution < -0.4 is 10.6 Å². The Bertz CT molecular complexity index is 457. The Kier molecular flexibility index (Phi) is 4.09. The quantitative estimate of drug-likeness (QED) is 0.887. The molecule has 1 atom stereocenters. The van der Waals surface area contributed by atoms with Crippen LogP contribution in [0.5, 0.6) is 0 Å². The predicted molar refractivity (Wildman–Crippen MR) is 78.5 cm³/mol. The molecule has 0 aromatic heterocycles. The van der Waals surface area contributed by atoms with E-state index in [1.165, 1.54) is 23.3 Å². The molecule has 1 unspecified atom stereocenters. The molecule has 19 heavy (non-hydrogen) atoms. The van der Waals surface area contributed by atoms with E-state index in [4.69, 9.17) is 0 Å². The van der Waals surface area contributed by atoms with Crippen molar-refractivity contribution >= 4 is 17.7 Å². The van der Waals surface area contributed by atoms with Gasteiger partial charge in [0.25, 0.3) is 0 Å². The number of amides is 1. The maximum absolute atomic E-state index is 12.3. The molecular formula is C15H20N2OS. The van der Waals surface area contributed by atoms with E-state index in [2.05, 4.69) is 22.8 Å². The van der Waals surface area contributed by atoms with Gasteiger partial charge in [-0.2, -0.15) is 0 Å². The van der Waals surface area contributed by atoms with Crippen molar-refractivity contribution in [3.05, 3.63) is 29.8 Å². The topological polar surface area (TPSA) is 41.1 Å². The van der Waals surface area contributed by atoms with Crippen LogP contribution in [0.15, 0.2) is 29.2 Å². The fourth-order valence-corrected chi connectivity index (χ4v) is 4.06. The van der Waals surface area contributed by atoms with Crippen LogP contribution in [-0.2, 0) is 4.79 Å². The zero-order chi connectivity index (χ0) is 13.1. The third-order valence-electron chi connectivity index (χ3n) is 4.04. The monoisotopic (exact) mass is 276 g/mol. The molecule has 1 aromatic rings. The molecule has 4 heteroatoms. The Hall–Kier alpha value is -1.00. The SMILES string of the molecule is O=C(NCC1CCNCC1)C1CSc2ccccc21. The van der Waals surface area contributed by atoms with Gasteiger partial charge in [-0.25, -0.2) is 0 Å². The summed E-state index contributed by atoms with van der Waals surface area (Å²) < 4.78 is 0. The van der Waals surface area contributed by atoms with Crippen LogP contribution >= 0.6 is 11.8 Å². The van der Waals surface area contributed by atoms with Crippen LogP contribution in [-0.4, -0.2) is 31.3 Å². The van der Waals surface area contributed by atoms with Crippen LogP contribution in [0.3, 0.4) is 0 Å². The molecule has 2 aliphatic heterocycles. The average Bonchev–Trinajstić information content (AvgIpc) is 2.90. The highest BCUT2D eigenvalue weighted by Gasteiger charge is 2.29. The molecule has 3 rings (SSSR count). The summed E-state index contributed by atoms with van der Waals surface area (Å²) in [6.07, 6.45) is 2.35. The van der Waals surface area contributed by atoms with Gasteiger partial charge in [0.2, 0.25) is 5.91 Å². The van der Waals surface area contributed by atoms with Crippen molar-refractivity contribution in [3.8, 4) is 0 Å². The van der Waals surface area contributed by atoms with Gasteiger partial charge < -0.3 is 10.6 Å². The number of carbonyl (C=O) groups excluding carboxylic acids is 1. The van der Waals surface area contributed by atoms with Gasteiger partial charge in [0, 0.05) is 17.2 Å². The van der Waals surface area contributed by atoms with Crippen LogP contribution in [0.1, 0.15) is 24.3 Å². The minimum absolute atomic E-state index is 0.0444. The number of hydrogen-bond donors (Lipinski definition) is 2. The fourth-order valence-electron chi connectivity index (χ4n) is 2.83. The zero-order valence-corrected chi connectivity index (χ0v) is 11.8. The summed E-state index contributed by atoms with van der Waals surface area (Å²) in [6, 6.07) is 8.27. The smallest absolute Gasteiger partial charge is 0.228 e. The molecule has 0 bridgehead atoms. The summed E-state index contributed by atoms with van der Waals surface area (Å²) in [4.78, 5) is 13.6. The maximum atomic E-state index is 12.3. The Morgan fingerprint density at radius 3 is 2.95 bits per heavy atom. The van der Waals surface area contributed by atoms with Gasteiger partial charge in [0.1, 0.15) is 0 Å². The number of carbonyl (C=O) groups is 1. The fraction of sp³-hybridized carbons (Fsp3) is 0.533. The van der Waals surface area contributed by atoms with Crippen LogP contribution in [0.2, 0.25) is 0 Å². The van der Waals surface area contributed by atoms with Gasteiger partial charge in [-0.15, -0.1) is 11.8 Å². The van der Waals surface area contributed by atoms with Gasteiger partial charge in [-0.05, 0) is 43.5 Å². The molecule has 0 aliphatic carbocycles. The number of thioether (sulfide) groups is 1. The van der Waals surface area contributed by atoms with E-state index in [1.54, 1.807) is 11.8 Å². The lowest BCUT2D eigenvalue weighted by atomic mass is 9.97. The largest absolute Gasteiger partial charge is 0.355 e. The second-order valence-corrected chi connectivity index (χ2v) is 6.40. The molecule has 1 aromatic carbocycles. The van der Waals surface area contributed by atoms with Crippen LogP contribution in [0, 0.1) is 5.92 Å². The molecule has 0 radical (unpaired) electrons. The zero-order valence-electron chi connectivity index (χ0n) is 11.0. The molecule has 1 fully saturated rings. The molecule has 0 saturated carbocycles. The van der Waals surface area contributed by atoms with Crippen LogP contribution in [0.4, 0.5) is 0 Å². The highest BCUT2D eigenvalue weighted by Crippen LogP contribution is 2.39. The summed E-state index contributed by atoms with van der Waals surface area (Å²) >= 11 is 1.79. The van der Waals surface area contributed by atoms with Crippen molar-refractivity contribution in [2.45, 2.75) is 23.7 Å². The molecule has 1 amide bonds. The Morgan fingerprint density at radius 2 is 2.11 bits per heavy atom. The van der Waals surface area contributed by atoms with E-state index < -0.39 is 0 Å². The number of fused-ring (bicyclic) bond motifs is 1. The lowest BCUT2D eigenvalue weighted by molar-refractivity contribution is -0.122. The molecule has 3 nitrogen and oxygen atoms in total. The van der Waals surface area contributed by atoms with E-state index in [9.17, 15) is 4.79 Å². The van der Waals surface area contributed by atoms with Crippen molar-refractivity contribution in [1.29, 1.82) is 0 Å². The number of piperidine rings is 1. The Balaban J connectivity index is 1.56. The van der Waals surface area contributed by atoms with Crippen molar-refractivity contribution in [2.24, 2.45) is 5.92 Å². The van der Waals surface area contributed by atoms with E-state index in [1.807, 2.05) is 12.1 Å². The molecule has 1 saturated heterocycles. The van der Waals surface area contributed by atoms with E-state index in [0.717, 1.165) is 25.4 Å². The first kappa shape index (κ1) is 13.0. The molecule has 2 heterocycles. The number of nitrogens with one attached hydrogen (secondary N) is 2. The van der Waals surface area contributed by atoms with Gasteiger partial charge in [0.15, 0.2) is 0 Å². The van der Waals surface area contributed by atoms with Gasteiger partial charge in [-0.1, -0.05) is 18.2 Å². The van der Waals surface area contributed by atoms with Crippen LogP contribution in [0.25, 0.3) is 0 Å². The number of hydrogen-bond acceptors (Lipinski definition) is 3. The summed E-state index contributed by atoms with van der Waals surface area (Å²) in [5.74, 6) is 1.78. The van der Waals surface area contributed by atoms with Gasteiger partial charge in [0.05, 0.1) is 5.92 Å². The average molecular weight is 276 g/mol. The molecule has 102 valence electrons.